The van der Waals surface area contributed by atoms with E-state index in [9.17, 15) is 0 Å². The van der Waals surface area contributed by atoms with E-state index >= 15 is 0 Å². The summed E-state index contributed by atoms with van der Waals surface area (Å²) in [5.74, 6) is 1.28. The standard InChI is InChI=1S/C19H39NS/c1-3-5-6-7-8-9-10-11-12-13-17-20-18-15-14-16-19(18)21-4-2/h18-20H,3-17H2,1-2H3. The summed E-state index contributed by atoms with van der Waals surface area (Å²) in [6.45, 7) is 5.84. The first-order valence-corrected chi connectivity index (χ1v) is 10.8. The van der Waals surface area contributed by atoms with E-state index in [1.165, 1.54) is 95.8 Å². The fourth-order valence-corrected chi connectivity index (χ4v) is 4.70. The summed E-state index contributed by atoms with van der Waals surface area (Å²) in [4.78, 5) is 0. The average Bonchev–Trinajstić information content (AvgIpc) is 2.92. The number of hydrogen-bond donors (Lipinski definition) is 1. The molecule has 0 aromatic carbocycles. The maximum absolute atomic E-state index is 3.82. The molecule has 2 unspecified atom stereocenters. The van der Waals surface area contributed by atoms with E-state index < -0.39 is 0 Å². The fraction of sp³-hybridized carbons (Fsp3) is 1.00. The highest BCUT2D eigenvalue weighted by atomic mass is 32.2. The molecular weight excluding hydrogens is 274 g/mol. The molecule has 1 N–H and O–H groups in total. The van der Waals surface area contributed by atoms with Gasteiger partial charge in [0.2, 0.25) is 0 Å². The molecule has 1 saturated carbocycles. The molecule has 0 spiro atoms. The molecule has 2 heteroatoms. The molecule has 0 bridgehead atoms. The van der Waals surface area contributed by atoms with Gasteiger partial charge in [0.05, 0.1) is 0 Å². The van der Waals surface area contributed by atoms with Gasteiger partial charge >= 0.3 is 0 Å². The Balaban J connectivity index is 1.82. The van der Waals surface area contributed by atoms with Gasteiger partial charge in [-0.3, -0.25) is 0 Å². The summed E-state index contributed by atoms with van der Waals surface area (Å²) in [6, 6.07) is 0.813. The van der Waals surface area contributed by atoms with Crippen LogP contribution in [0.2, 0.25) is 0 Å². The van der Waals surface area contributed by atoms with Crippen molar-refractivity contribution in [3.8, 4) is 0 Å². The molecule has 0 aromatic rings. The van der Waals surface area contributed by atoms with Crippen molar-refractivity contribution in [3.63, 3.8) is 0 Å². The van der Waals surface area contributed by atoms with Crippen molar-refractivity contribution in [1.82, 2.24) is 5.32 Å². The molecule has 0 aromatic heterocycles. The third-order valence-electron chi connectivity index (χ3n) is 4.77. The first-order chi connectivity index (χ1) is 10.4. The highest BCUT2D eigenvalue weighted by Gasteiger charge is 2.26. The molecule has 1 nitrogen and oxygen atoms in total. The molecular formula is C19H39NS. The van der Waals surface area contributed by atoms with Crippen LogP contribution in [-0.4, -0.2) is 23.6 Å². The number of unbranched alkanes of at least 4 members (excludes halogenated alkanes) is 9. The van der Waals surface area contributed by atoms with Crippen LogP contribution in [0.15, 0.2) is 0 Å². The summed E-state index contributed by atoms with van der Waals surface area (Å²) in [5.41, 5.74) is 0. The molecule has 0 aliphatic heterocycles. The Morgan fingerprint density at radius 3 is 2.05 bits per heavy atom. The van der Waals surface area contributed by atoms with Crippen molar-refractivity contribution in [1.29, 1.82) is 0 Å². The van der Waals surface area contributed by atoms with Gasteiger partial charge in [0.1, 0.15) is 0 Å². The fourth-order valence-electron chi connectivity index (χ4n) is 3.47. The van der Waals surface area contributed by atoms with Crippen LogP contribution >= 0.6 is 11.8 Å². The lowest BCUT2D eigenvalue weighted by atomic mass is 10.1. The van der Waals surface area contributed by atoms with Crippen LogP contribution in [0.4, 0.5) is 0 Å². The van der Waals surface area contributed by atoms with Crippen LogP contribution in [0.5, 0.6) is 0 Å². The van der Waals surface area contributed by atoms with Crippen LogP contribution in [0.25, 0.3) is 0 Å². The average molecular weight is 314 g/mol. The molecule has 1 aliphatic rings. The van der Waals surface area contributed by atoms with Crippen molar-refractivity contribution in [2.24, 2.45) is 0 Å². The van der Waals surface area contributed by atoms with Crippen molar-refractivity contribution >= 4 is 11.8 Å². The second-order valence-electron chi connectivity index (χ2n) is 6.67. The van der Waals surface area contributed by atoms with Gasteiger partial charge < -0.3 is 5.32 Å². The van der Waals surface area contributed by atoms with E-state index in [1.54, 1.807) is 0 Å². The van der Waals surface area contributed by atoms with Gasteiger partial charge in [0, 0.05) is 11.3 Å². The normalized spacial score (nSPS) is 22.0. The minimum absolute atomic E-state index is 0.813. The second kappa shape index (κ2) is 13.9. The molecule has 1 fully saturated rings. The number of hydrogen-bond acceptors (Lipinski definition) is 2. The van der Waals surface area contributed by atoms with Gasteiger partial charge in [-0.25, -0.2) is 0 Å². The van der Waals surface area contributed by atoms with Gasteiger partial charge in [0.15, 0.2) is 0 Å². The molecule has 0 heterocycles. The van der Waals surface area contributed by atoms with Crippen molar-refractivity contribution in [2.75, 3.05) is 12.3 Å². The molecule has 1 aliphatic carbocycles. The number of rotatable bonds is 14. The van der Waals surface area contributed by atoms with Gasteiger partial charge in [-0.2, -0.15) is 11.8 Å². The van der Waals surface area contributed by atoms with Crippen LogP contribution in [0.3, 0.4) is 0 Å². The highest BCUT2D eigenvalue weighted by Crippen LogP contribution is 2.29. The maximum Gasteiger partial charge on any atom is 0.0201 e. The van der Waals surface area contributed by atoms with Crippen LogP contribution in [0.1, 0.15) is 97.3 Å². The molecule has 1 rings (SSSR count). The maximum atomic E-state index is 3.82. The highest BCUT2D eigenvalue weighted by molar-refractivity contribution is 7.99. The van der Waals surface area contributed by atoms with Crippen LogP contribution in [-0.2, 0) is 0 Å². The lowest BCUT2D eigenvalue weighted by Gasteiger charge is -2.20. The summed E-state index contributed by atoms with van der Waals surface area (Å²) in [5, 5.41) is 4.72. The molecule has 0 saturated heterocycles. The number of nitrogens with one attached hydrogen (secondary N) is 1. The smallest absolute Gasteiger partial charge is 0.0201 e. The van der Waals surface area contributed by atoms with E-state index in [0.717, 1.165) is 11.3 Å². The molecule has 0 amide bonds. The third-order valence-corrected chi connectivity index (χ3v) is 6.10. The van der Waals surface area contributed by atoms with Gasteiger partial charge in [0.25, 0.3) is 0 Å². The summed E-state index contributed by atoms with van der Waals surface area (Å²) >= 11 is 2.17. The predicted molar refractivity (Wildman–Crippen MR) is 99.4 cm³/mol. The SMILES string of the molecule is CCCCCCCCCCCCNC1CCCC1SCC. The Kier molecular flexibility index (Phi) is 12.8. The zero-order valence-electron chi connectivity index (χ0n) is 14.7. The van der Waals surface area contributed by atoms with Gasteiger partial charge in [-0.1, -0.05) is 78.1 Å². The van der Waals surface area contributed by atoms with Crippen molar-refractivity contribution < 1.29 is 0 Å². The lowest BCUT2D eigenvalue weighted by molar-refractivity contribution is 0.498. The minimum Gasteiger partial charge on any atom is -0.313 e. The Bertz CT molecular complexity index is 220. The number of thioether (sulfide) groups is 1. The van der Waals surface area contributed by atoms with Crippen LogP contribution < -0.4 is 5.32 Å². The molecule has 126 valence electrons. The summed E-state index contributed by atoms with van der Waals surface area (Å²) < 4.78 is 0. The minimum atomic E-state index is 0.813. The van der Waals surface area contributed by atoms with E-state index in [4.69, 9.17) is 0 Å². The van der Waals surface area contributed by atoms with Crippen molar-refractivity contribution in [3.05, 3.63) is 0 Å². The van der Waals surface area contributed by atoms with E-state index in [-0.39, 0.29) is 0 Å². The van der Waals surface area contributed by atoms with Crippen molar-refractivity contribution in [2.45, 2.75) is 109 Å². The van der Waals surface area contributed by atoms with Crippen LogP contribution in [0, 0.1) is 0 Å². The van der Waals surface area contributed by atoms with Gasteiger partial charge in [-0.15, -0.1) is 0 Å². The van der Waals surface area contributed by atoms with E-state index in [1.807, 2.05) is 0 Å². The largest absolute Gasteiger partial charge is 0.313 e. The molecule has 0 radical (unpaired) electrons. The Labute approximate surface area is 138 Å². The topological polar surface area (TPSA) is 12.0 Å². The molecule has 2 atom stereocenters. The second-order valence-corrected chi connectivity index (χ2v) is 8.18. The predicted octanol–water partition coefficient (Wildman–Crippen LogP) is 6.17. The first kappa shape index (κ1) is 19.4. The van der Waals surface area contributed by atoms with E-state index in [2.05, 4.69) is 30.9 Å². The monoisotopic (exact) mass is 313 g/mol. The molecule has 21 heavy (non-hydrogen) atoms. The zero-order valence-corrected chi connectivity index (χ0v) is 15.5. The zero-order chi connectivity index (χ0) is 15.2. The quantitative estimate of drug-likeness (QED) is 0.385. The Morgan fingerprint density at radius 1 is 0.810 bits per heavy atom. The first-order valence-electron chi connectivity index (χ1n) is 9.73. The van der Waals surface area contributed by atoms with Gasteiger partial charge in [-0.05, 0) is 31.6 Å². The van der Waals surface area contributed by atoms with E-state index in [0.29, 0.717) is 0 Å². The Hall–Kier alpha value is 0.310. The summed E-state index contributed by atoms with van der Waals surface area (Å²) in [6.07, 6.45) is 18.7. The summed E-state index contributed by atoms with van der Waals surface area (Å²) in [7, 11) is 0. The third kappa shape index (κ3) is 9.84. The lowest BCUT2D eigenvalue weighted by Crippen LogP contribution is -2.34. The Morgan fingerprint density at radius 2 is 1.43 bits per heavy atom.